The molecule has 8 heteroatoms. The van der Waals surface area contributed by atoms with E-state index in [-0.39, 0.29) is 12.5 Å². The fourth-order valence-corrected chi connectivity index (χ4v) is 2.91. The molecule has 0 saturated carbocycles. The molecule has 0 aliphatic heterocycles. The van der Waals surface area contributed by atoms with E-state index in [1.807, 2.05) is 18.2 Å². The Morgan fingerprint density at radius 3 is 2.56 bits per heavy atom. The number of para-hydroxylation sites is 2. The largest absolute Gasteiger partial charge is 0.493 e. The molecule has 0 unspecified atom stereocenters. The highest BCUT2D eigenvalue weighted by Crippen LogP contribution is 2.28. The van der Waals surface area contributed by atoms with Crippen LogP contribution in [0.3, 0.4) is 0 Å². The average Bonchev–Trinajstić information content (AvgIpc) is 3.09. The Hall–Kier alpha value is -2.64. The molecule has 0 aliphatic carbocycles. The summed E-state index contributed by atoms with van der Waals surface area (Å²) >= 11 is 7.14. The molecule has 25 heavy (non-hydrogen) atoms. The third-order valence-corrected chi connectivity index (χ3v) is 4.33. The molecular weight excluding hydrogens is 362 g/mol. The number of carbonyl (C=O) groups excluding carboxylic acids is 1. The normalized spacial score (nSPS) is 10.3. The lowest BCUT2D eigenvalue weighted by molar-refractivity contribution is -0.118. The Kier molecular flexibility index (Phi) is 5.47. The van der Waals surface area contributed by atoms with Crippen LogP contribution in [0.1, 0.15) is 0 Å². The third kappa shape index (κ3) is 4.46. The number of benzene rings is 2. The van der Waals surface area contributed by atoms with Gasteiger partial charge in [0.05, 0.1) is 7.11 Å². The summed E-state index contributed by atoms with van der Waals surface area (Å²) in [4.78, 5) is 12.0. The molecule has 3 rings (SSSR count). The fourth-order valence-electron chi connectivity index (χ4n) is 2.02. The molecule has 0 fully saturated rings. The van der Waals surface area contributed by atoms with Gasteiger partial charge in [0, 0.05) is 10.6 Å². The van der Waals surface area contributed by atoms with Crippen LogP contribution in [0, 0.1) is 0 Å². The number of rotatable bonds is 6. The summed E-state index contributed by atoms with van der Waals surface area (Å²) in [7, 11) is 1.54. The van der Waals surface area contributed by atoms with Gasteiger partial charge in [0.25, 0.3) is 5.91 Å². The maximum Gasteiger partial charge on any atom is 0.264 e. The molecule has 0 spiro atoms. The van der Waals surface area contributed by atoms with Crippen molar-refractivity contribution in [3.63, 3.8) is 0 Å². The maximum absolute atomic E-state index is 12.0. The molecular formula is C17H14ClN3O3S. The van der Waals surface area contributed by atoms with E-state index >= 15 is 0 Å². The van der Waals surface area contributed by atoms with Crippen LogP contribution in [0.5, 0.6) is 11.5 Å². The zero-order valence-electron chi connectivity index (χ0n) is 13.2. The van der Waals surface area contributed by atoms with E-state index < -0.39 is 0 Å². The number of nitrogens with zero attached hydrogens (tertiary/aromatic N) is 2. The second-order valence-corrected chi connectivity index (χ2v) is 6.32. The Balaban J connectivity index is 1.59. The molecule has 0 bridgehead atoms. The van der Waals surface area contributed by atoms with Gasteiger partial charge in [-0.2, -0.15) is 0 Å². The number of carbonyl (C=O) groups is 1. The van der Waals surface area contributed by atoms with Gasteiger partial charge in [-0.3, -0.25) is 10.1 Å². The Labute approximate surface area is 153 Å². The lowest BCUT2D eigenvalue weighted by Crippen LogP contribution is -2.20. The van der Waals surface area contributed by atoms with Crippen LogP contribution in [0.25, 0.3) is 10.6 Å². The molecule has 0 atom stereocenters. The summed E-state index contributed by atoms with van der Waals surface area (Å²) in [5.41, 5.74) is 0.882. The van der Waals surface area contributed by atoms with E-state index in [1.165, 1.54) is 11.3 Å². The quantitative estimate of drug-likeness (QED) is 0.707. The van der Waals surface area contributed by atoms with Crippen molar-refractivity contribution < 1.29 is 14.3 Å². The molecule has 1 amide bonds. The second-order valence-electron chi connectivity index (χ2n) is 4.91. The minimum absolute atomic E-state index is 0.157. The lowest BCUT2D eigenvalue weighted by Gasteiger charge is -2.09. The van der Waals surface area contributed by atoms with E-state index in [4.69, 9.17) is 21.1 Å². The van der Waals surface area contributed by atoms with Crippen molar-refractivity contribution in [2.24, 2.45) is 0 Å². The number of methoxy groups -OCH3 is 1. The van der Waals surface area contributed by atoms with E-state index in [0.717, 1.165) is 5.56 Å². The number of hydrogen-bond donors (Lipinski definition) is 1. The first-order valence-corrected chi connectivity index (χ1v) is 8.50. The standard InChI is InChI=1S/C17H14ClN3O3S/c1-23-13-4-2-3-5-14(13)24-10-15(22)19-17-21-20-16(25-17)11-6-8-12(18)9-7-11/h2-9H,10H2,1H3,(H,19,21,22). The number of hydrogen-bond acceptors (Lipinski definition) is 6. The zero-order valence-corrected chi connectivity index (χ0v) is 14.8. The topological polar surface area (TPSA) is 73.3 Å². The van der Waals surface area contributed by atoms with Gasteiger partial charge < -0.3 is 9.47 Å². The molecule has 1 aromatic heterocycles. The smallest absolute Gasteiger partial charge is 0.264 e. The minimum Gasteiger partial charge on any atom is -0.493 e. The molecule has 1 heterocycles. The van der Waals surface area contributed by atoms with Crippen LogP contribution >= 0.6 is 22.9 Å². The number of anilines is 1. The highest BCUT2D eigenvalue weighted by Gasteiger charge is 2.11. The predicted octanol–water partition coefficient (Wildman–Crippen LogP) is 3.88. The van der Waals surface area contributed by atoms with Crippen molar-refractivity contribution in [1.82, 2.24) is 10.2 Å². The Morgan fingerprint density at radius 1 is 1.12 bits per heavy atom. The molecule has 0 radical (unpaired) electrons. The maximum atomic E-state index is 12.0. The lowest BCUT2D eigenvalue weighted by atomic mass is 10.2. The molecule has 3 aromatic rings. The van der Waals surface area contributed by atoms with Crippen molar-refractivity contribution in [2.45, 2.75) is 0 Å². The van der Waals surface area contributed by atoms with Gasteiger partial charge in [0.1, 0.15) is 5.01 Å². The van der Waals surface area contributed by atoms with Gasteiger partial charge in [0.2, 0.25) is 5.13 Å². The molecule has 128 valence electrons. The Bertz CT molecular complexity index is 868. The number of amides is 1. The van der Waals surface area contributed by atoms with Gasteiger partial charge in [-0.15, -0.1) is 10.2 Å². The fraction of sp³-hybridized carbons (Fsp3) is 0.118. The first-order valence-electron chi connectivity index (χ1n) is 7.31. The van der Waals surface area contributed by atoms with Crippen molar-refractivity contribution in [3.05, 3.63) is 53.6 Å². The van der Waals surface area contributed by atoms with Crippen molar-refractivity contribution in [1.29, 1.82) is 0 Å². The van der Waals surface area contributed by atoms with Crippen molar-refractivity contribution in [2.75, 3.05) is 19.0 Å². The van der Waals surface area contributed by atoms with E-state index in [0.29, 0.717) is 26.7 Å². The van der Waals surface area contributed by atoms with E-state index in [1.54, 1.807) is 37.4 Å². The molecule has 1 N–H and O–H groups in total. The van der Waals surface area contributed by atoms with Gasteiger partial charge in [-0.25, -0.2) is 0 Å². The minimum atomic E-state index is -0.329. The van der Waals surface area contributed by atoms with Gasteiger partial charge in [-0.1, -0.05) is 47.2 Å². The highest BCUT2D eigenvalue weighted by atomic mass is 35.5. The summed E-state index contributed by atoms with van der Waals surface area (Å²) in [5.74, 6) is 0.736. The predicted molar refractivity (Wildman–Crippen MR) is 97.5 cm³/mol. The van der Waals surface area contributed by atoms with Crippen LogP contribution in [-0.2, 0) is 4.79 Å². The molecule has 6 nitrogen and oxygen atoms in total. The van der Waals surface area contributed by atoms with Crippen LogP contribution in [-0.4, -0.2) is 29.8 Å². The first kappa shape index (κ1) is 17.2. The summed E-state index contributed by atoms with van der Waals surface area (Å²) in [6.07, 6.45) is 0. The monoisotopic (exact) mass is 375 g/mol. The average molecular weight is 376 g/mol. The number of halogens is 1. The molecule has 0 aliphatic rings. The summed E-state index contributed by atoms with van der Waals surface area (Å²) in [6.45, 7) is -0.157. The third-order valence-electron chi connectivity index (χ3n) is 3.19. The van der Waals surface area contributed by atoms with Crippen LogP contribution in [0.15, 0.2) is 48.5 Å². The van der Waals surface area contributed by atoms with Crippen LogP contribution < -0.4 is 14.8 Å². The van der Waals surface area contributed by atoms with Crippen molar-refractivity contribution >= 4 is 34.0 Å². The molecule has 2 aromatic carbocycles. The van der Waals surface area contributed by atoms with Gasteiger partial charge in [0.15, 0.2) is 18.1 Å². The number of aromatic nitrogens is 2. The highest BCUT2D eigenvalue weighted by molar-refractivity contribution is 7.18. The zero-order chi connectivity index (χ0) is 17.6. The summed E-state index contributed by atoms with van der Waals surface area (Å²) in [5, 5.41) is 12.4. The number of nitrogens with one attached hydrogen (secondary N) is 1. The second kappa shape index (κ2) is 7.96. The first-order chi connectivity index (χ1) is 12.2. The number of ether oxygens (including phenoxy) is 2. The van der Waals surface area contributed by atoms with Gasteiger partial charge in [-0.05, 0) is 24.3 Å². The van der Waals surface area contributed by atoms with Crippen molar-refractivity contribution in [3.8, 4) is 22.1 Å². The molecule has 0 saturated heterocycles. The van der Waals surface area contributed by atoms with Gasteiger partial charge >= 0.3 is 0 Å². The summed E-state index contributed by atoms with van der Waals surface area (Å²) < 4.78 is 10.6. The van der Waals surface area contributed by atoms with Crippen LogP contribution in [0.4, 0.5) is 5.13 Å². The van der Waals surface area contributed by atoms with Crippen LogP contribution in [0.2, 0.25) is 5.02 Å². The van der Waals surface area contributed by atoms with E-state index in [9.17, 15) is 4.79 Å². The summed E-state index contributed by atoms with van der Waals surface area (Å²) in [6, 6.07) is 14.4. The Morgan fingerprint density at radius 2 is 1.84 bits per heavy atom. The SMILES string of the molecule is COc1ccccc1OCC(=O)Nc1nnc(-c2ccc(Cl)cc2)s1. The van der Waals surface area contributed by atoms with E-state index in [2.05, 4.69) is 15.5 Å².